The molecule has 0 amide bonds. The molecule has 5 nitrogen and oxygen atoms in total. The van der Waals surface area contributed by atoms with Gasteiger partial charge in [-0.15, -0.1) is 0 Å². The van der Waals surface area contributed by atoms with E-state index >= 15 is 0 Å². The Morgan fingerprint density at radius 2 is 1.82 bits per heavy atom. The van der Waals surface area contributed by atoms with Crippen molar-refractivity contribution in [2.75, 3.05) is 6.61 Å². The van der Waals surface area contributed by atoms with Crippen molar-refractivity contribution < 1.29 is 24.8 Å². The monoisotopic (exact) mass is 404 g/mol. The van der Waals surface area contributed by atoms with Crippen molar-refractivity contribution >= 4 is 11.6 Å². The molecule has 2 aliphatic rings. The number of fused-ring (bicyclic) bond motifs is 2. The van der Waals surface area contributed by atoms with Crippen molar-refractivity contribution in [2.45, 2.75) is 56.9 Å². The molecule has 3 N–H and O–H groups in total. The Morgan fingerprint density at radius 1 is 1.11 bits per heavy atom. The highest BCUT2D eigenvalue weighted by molar-refractivity contribution is 6.31. The molecule has 150 valence electrons. The second kappa shape index (κ2) is 7.75. The Balaban J connectivity index is 1.69. The van der Waals surface area contributed by atoms with Crippen LogP contribution in [-0.2, 0) is 34.7 Å². The first-order valence-electron chi connectivity index (χ1n) is 9.64. The topological polar surface area (TPSA) is 79.2 Å². The van der Waals surface area contributed by atoms with Gasteiger partial charge in [-0.25, -0.2) is 0 Å². The van der Waals surface area contributed by atoms with Gasteiger partial charge in [-0.2, -0.15) is 0 Å². The van der Waals surface area contributed by atoms with Gasteiger partial charge in [-0.1, -0.05) is 48.9 Å². The predicted octanol–water partition coefficient (Wildman–Crippen LogP) is 2.68. The molecule has 0 aliphatic carbocycles. The van der Waals surface area contributed by atoms with E-state index in [2.05, 4.69) is 31.2 Å². The molecule has 2 aromatic carbocycles. The van der Waals surface area contributed by atoms with Crippen molar-refractivity contribution in [1.29, 1.82) is 0 Å². The standard InChI is InChI=1S/C22H25ClO5/c1-2-13-3-5-14(6-4-13)9-15-16-12-27-22(17(16)7-8-18(15)23)10-19(25)21(26)20(11-24)28-22/h3-8,19-21,24-26H,2,9-12H2,1H3. The predicted molar refractivity (Wildman–Crippen MR) is 105 cm³/mol. The van der Waals surface area contributed by atoms with Gasteiger partial charge in [0.25, 0.3) is 0 Å². The molecule has 2 heterocycles. The average Bonchev–Trinajstić information content (AvgIpc) is 3.05. The fraction of sp³-hybridized carbons (Fsp3) is 0.455. The number of aryl methyl sites for hydroxylation is 1. The van der Waals surface area contributed by atoms with Crippen LogP contribution in [0.1, 0.15) is 41.2 Å². The van der Waals surface area contributed by atoms with Crippen molar-refractivity contribution in [3.05, 3.63) is 69.2 Å². The molecule has 4 unspecified atom stereocenters. The highest BCUT2D eigenvalue weighted by Crippen LogP contribution is 2.47. The summed E-state index contributed by atoms with van der Waals surface area (Å²) in [4.78, 5) is 0. The normalized spacial score (nSPS) is 29.2. The molecule has 2 aliphatic heterocycles. The number of hydrogen-bond acceptors (Lipinski definition) is 5. The molecular weight excluding hydrogens is 380 g/mol. The van der Waals surface area contributed by atoms with Crippen LogP contribution in [-0.4, -0.2) is 40.2 Å². The summed E-state index contributed by atoms with van der Waals surface area (Å²) in [5.74, 6) is -1.17. The van der Waals surface area contributed by atoms with Gasteiger partial charge in [-0.05, 0) is 41.2 Å². The molecule has 1 spiro atoms. The lowest BCUT2D eigenvalue weighted by atomic mass is 9.88. The molecule has 4 atom stereocenters. The van der Waals surface area contributed by atoms with Crippen molar-refractivity contribution in [3.8, 4) is 0 Å². The Morgan fingerprint density at radius 3 is 2.50 bits per heavy atom. The van der Waals surface area contributed by atoms with Crippen LogP contribution < -0.4 is 0 Å². The summed E-state index contributed by atoms with van der Waals surface area (Å²) >= 11 is 6.53. The minimum Gasteiger partial charge on any atom is -0.394 e. The molecule has 0 radical (unpaired) electrons. The summed E-state index contributed by atoms with van der Waals surface area (Å²) < 4.78 is 12.0. The van der Waals surface area contributed by atoms with Gasteiger partial charge >= 0.3 is 0 Å². The first kappa shape index (κ1) is 19.8. The fourth-order valence-corrected chi connectivity index (χ4v) is 4.40. The molecule has 2 aromatic rings. The fourth-order valence-electron chi connectivity index (χ4n) is 4.16. The lowest BCUT2D eigenvalue weighted by molar-refractivity contribution is -0.326. The van der Waals surface area contributed by atoms with Crippen LogP contribution in [0.2, 0.25) is 5.02 Å². The third-order valence-corrected chi connectivity index (χ3v) is 6.17. The lowest BCUT2D eigenvalue weighted by Crippen LogP contribution is -2.54. The van der Waals surface area contributed by atoms with Crippen LogP contribution in [0.15, 0.2) is 36.4 Å². The van der Waals surface area contributed by atoms with E-state index < -0.39 is 30.7 Å². The molecular formula is C22H25ClO5. The van der Waals surface area contributed by atoms with E-state index in [1.165, 1.54) is 5.56 Å². The maximum absolute atomic E-state index is 10.3. The van der Waals surface area contributed by atoms with Crippen LogP contribution in [0.5, 0.6) is 0 Å². The maximum atomic E-state index is 10.3. The van der Waals surface area contributed by atoms with Gasteiger partial charge in [0, 0.05) is 17.0 Å². The van der Waals surface area contributed by atoms with Gasteiger partial charge in [0.2, 0.25) is 0 Å². The van der Waals surface area contributed by atoms with Crippen LogP contribution in [0.4, 0.5) is 0 Å². The Bertz CT molecular complexity index is 853. The minimum absolute atomic E-state index is 0.101. The van der Waals surface area contributed by atoms with Gasteiger partial charge in [0.05, 0.1) is 19.3 Å². The first-order chi connectivity index (χ1) is 13.5. The zero-order chi connectivity index (χ0) is 19.9. The van der Waals surface area contributed by atoms with Gasteiger partial charge in [0.15, 0.2) is 5.79 Å². The number of ether oxygens (including phenoxy) is 2. The largest absolute Gasteiger partial charge is 0.394 e. The number of hydrogen-bond donors (Lipinski definition) is 3. The highest BCUT2D eigenvalue weighted by Gasteiger charge is 2.52. The van der Waals surface area contributed by atoms with E-state index in [-0.39, 0.29) is 6.42 Å². The zero-order valence-electron chi connectivity index (χ0n) is 15.8. The summed E-state index contributed by atoms with van der Waals surface area (Å²) in [7, 11) is 0. The van der Waals surface area contributed by atoms with E-state index in [0.29, 0.717) is 18.1 Å². The van der Waals surface area contributed by atoms with Crippen LogP contribution in [0.3, 0.4) is 0 Å². The number of halogens is 1. The second-order valence-corrected chi connectivity index (χ2v) is 7.95. The summed E-state index contributed by atoms with van der Waals surface area (Å²) in [5.41, 5.74) is 5.18. The molecule has 4 rings (SSSR count). The number of rotatable bonds is 4. The van der Waals surface area contributed by atoms with Crippen molar-refractivity contribution in [2.24, 2.45) is 0 Å². The molecule has 6 heteroatoms. The quantitative estimate of drug-likeness (QED) is 0.730. The van der Waals surface area contributed by atoms with Crippen LogP contribution >= 0.6 is 11.6 Å². The highest BCUT2D eigenvalue weighted by atomic mass is 35.5. The molecule has 1 saturated heterocycles. The summed E-state index contributed by atoms with van der Waals surface area (Å²) in [6, 6.07) is 12.1. The summed E-state index contributed by atoms with van der Waals surface area (Å²) in [6.07, 6.45) is -1.33. The third-order valence-electron chi connectivity index (χ3n) is 5.82. The number of aliphatic hydroxyl groups excluding tert-OH is 3. The van der Waals surface area contributed by atoms with Gasteiger partial charge in [-0.3, -0.25) is 0 Å². The summed E-state index contributed by atoms with van der Waals surface area (Å²) in [5, 5.41) is 30.5. The number of benzene rings is 2. The molecule has 0 aromatic heterocycles. The Labute approximate surface area is 169 Å². The third kappa shape index (κ3) is 3.36. The van der Waals surface area contributed by atoms with E-state index in [9.17, 15) is 15.3 Å². The van der Waals surface area contributed by atoms with E-state index in [1.807, 2.05) is 12.1 Å². The van der Waals surface area contributed by atoms with E-state index in [0.717, 1.165) is 28.7 Å². The average molecular weight is 405 g/mol. The first-order valence-corrected chi connectivity index (χ1v) is 10.0. The zero-order valence-corrected chi connectivity index (χ0v) is 16.5. The molecule has 0 saturated carbocycles. The SMILES string of the molecule is CCc1ccc(Cc2c(Cl)ccc3c2COC32CC(O)C(O)C(CO)O2)cc1. The Kier molecular flexibility index (Phi) is 5.49. The van der Waals surface area contributed by atoms with Gasteiger partial charge in [0.1, 0.15) is 12.2 Å². The van der Waals surface area contributed by atoms with Gasteiger partial charge < -0.3 is 24.8 Å². The lowest BCUT2D eigenvalue weighted by Gasteiger charge is -2.42. The smallest absolute Gasteiger partial charge is 0.198 e. The molecule has 0 bridgehead atoms. The van der Waals surface area contributed by atoms with Crippen LogP contribution in [0.25, 0.3) is 0 Å². The maximum Gasteiger partial charge on any atom is 0.198 e. The summed E-state index contributed by atoms with van der Waals surface area (Å²) in [6.45, 7) is 2.03. The second-order valence-electron chi connectivity index (χ2n) is 7.54. The molecule has 28 heavy (non-hydrogen) atoms. The van der Waals surface area contributed by atoms with Crippen molar-refractivity contribution in [1.82, 2.24) is 0 Å². The number of aliphatic hydroxyl groups is 3. The Hall–Kier alpha value is -1.47. The molecule has 1 fully saturated rings. The van der Waals surface area contributed by atoms with Crippen molar-refractivity contribution in [3.63, 3.8) is 0 Å². The van der Waals surface area contributed by atoms with Crippen LogP contribution in [0, 0.1) is 0 Å². The van der Waals surface area contributed by atoms with E-state index in [4.69, 9.17) is 21.1 Å². The minimum atomic E-state index is -1.17. The van der Waals surface area contributed by atoms with E-state index in [1.54, 1.807) is 0 Å².